The molecule has 0 radical (unpaired) electrons. The highest BCUT2D eigenvalue weighted by atomic mass is 16.3. The lowest BCUT2D eigenvalue weighted by Crippen LogP contribution is -2.22. The van der Waals surface area contributed by atoms with Gasteiger partial charge in [0, 0.05) is 30.0 Å². The lowest BCUT2D eigenvalue weighted by atomic mass is 10.1. The van der Waals surface area contributed by atoms with E-state index in [1.54, 1.807) is 13.2 Å². The third kappa shape index (κ3) is 3.16. The number of amides is 1. The minimum Gasteiger partial charge on any atom is -0.469 e. The summed E-state index contributed by atoms with van der Waals surface area (Å²) >= 11 is 0. The molecule has 0 saturated carbocycles. The maximum Gasteiger partial charge on any atom is 0.259 e. The van der Waals surface area contributed by atoms with Crippen LogP contribution in [-0.2, 0) is 0 Å². The summed E-state index contributed by atoms with van der Waals surface area (Å²) in [5.74, 6) is 0.523. The van der Waals surface area contributed by atoms with E-state index in [9.17, 15) is 4.79 Å². The van der Waals surface area contributed by atoms with Gasteiger partial charge in [0.25, 0.3) is 5.91 Å². The minimum atomic E-state index is -0.123. The van der Waals surface area contributed by atoms with Crippen molar-refractivity contribution in [1.82, 2.24) is 0 Å². The number of carbonyl (C=O) groups excluding carboxylic acids is 1. The number of furan rings is 1. The summed E-state index contributed by atoms with van der Waals surface area (Å²) in [4.78, 5) is 14.7. The van der Waals surface area contributed by atoms with Gasteiger partial charge in [0.05, 0.1) is 11.8 Å². The molecule has 0 aliphatic heterocycles. The van der Waals surface area contributed by atoms with Crippen LogP contribution in [0.4, 0.5) is 11.4 Å². The van der Waals surface area contributed by atoms with Gasteiger partial charge in [-0.1, -0.05) is 0 Å². The van der Waals surface area contributed by atoms with Crippen molar-refractivity contribution >= 4 is 17.3 Å². The van der Waals surface area contributed by atoms with Gasteiger partial charge in [-0.25, -0.2) is 0 Å². The maximum absolute atomic E-state index is 12.4. The third-order valence-corrected chi connectivity index (χ3v) is 3.97. The molecular formula is C18H24N2O2. The van der Waals surface area contributed by atoms with E-state index in [1.807, 2.05) is 26.0 Å². The maximum atomic E-state index is 12.4. The topological polar surface area (TPSA) is 45.5 Å². The fourth-order valence-electron chi connectivity index (χ4n) is 2.67. The first-order valence-electron chi connectivity index (χ1n) is 7.69. The Morgan fingerprint density at radius 3 is 2.32 bits per heavy atom. The molecule has 1 heterocycles. The predicted octanol–water partition coefficient (Wildman–Crippen LogP) is 4.30. The standard InChI is InChI=1S/C18H24N2O2/c1-6-20(7-2)15-8-9-16(12(3)10-15)19-18(21)17-13(4)11-22-14(17)5/h8-11H,6-7H2,1-5H3,(H,19,21). The Labute approximate surface area is 132 Å². The second-order valence-corrected chi connectivity index (χ2v) is 5.48. The molecule has 0 unspecified atom stereocenters. The zero-order chi connectivity index (χ0) is 16.3. The summed E-state index contributed by atoms with van der Waals surface area (Å²) in [7, 11) is 0. The number of hydrogen-bond acceptors (Lipinski definition) is 3. The second kappa shape index (κ2) is 6.69. The Balaban J connectivity index is 2.22. The minimum absolute atomic E-state index is 0.123. The third-order valence-electron chi connectivity index (χ3n) is 3.97. The summed E-state index contributed by atoms with van der Waals surface area (Å²) < 4.78 is 5.30. The summed E-state index contributed by atoms with van der Waals surface area (Å²) in [5.41, 5.74) is 4.54. The molecule has 1 aromatic heterocycles. The van der Waals surface area contributed by atoms with Crippen molar-refractivity contribution in [3.05, 3.63) is 46.9 Å². The van der Waals surface area contributed by atoms with E-state index in [-0.39, 0.29) is 5.91 Å². The molecule has 1 aromatic carbocycles. The van der Waals surface area contributed by atoms with Gasteiger partial charge in [0.15, 0.2) is 0 Å². The van der Waals surface area contributed by atoms with E-state index in [0.717, 1.165) is 29.9 Å². The molecule has 4 heteroatoms. The molecule has 0 bridgehead atoms. The van der Waals surface area contributed by atoms with Gasteiger partial charge < -0.3 is 14.6 Å². The Hall–Kier alpha value is -2.23. The van der Waals surface area contributed by atoms with Crippen LogP contribution < -0.4 is 10.2 Å². The number of anilines is 2. The largest absolute Gasteiger partial charge is 0.469 e. The van der Waals surface area contributed by atoms with Crippen LogP contribution in [0.25, 0.3) is 0 Å². The molecule has 4 nitrogen and oxygen atoms in total. The van der Waals surface area contributed by atoms with Gasteiger partial charge in [-0.2, -0.15) is 0 Å². The number of benzene rings is 1. The Bertz CT molecular complexity index is 650. The molecule has 0 aliphatic carbocycles. The summed E-state index contributed by atoms with van der Waals surface area (Å²) in [6, 6.07) is 6.12. The van der Waals surface area contributed by atoms with Crippen LogP contribution >= 0.6 is 0 Å². The predicted molar refractivity (Wildman–Crippen MR) is 90.9 cm³/mol. The lowest BCUT2D eigenvalue weighted by molar-refractivity contribution is 0.102. The number of nitrogens with one attached hydrogen (secondary N) is 1. The molecule has 1 amide bonds. The van der Waals surface area contributed by atoms with Crippen LogP contribution in [0, 0.1) is 20.8 Å². The monoisotopic (exact) mass is 300 g/mol. The van der Waals surface area contributed by atoms with Crippen molar-refractivity contribution in [2.45, 2.75) is 34.6 Å². The van der Waals surface area contributed by atoms with Gasteiger partial charge in [0.1, 0.15) is 5.76 Å². The molecule has 118 valence electrons. The molecule has 2 rings (SSSR count). The van der Waals surface area contributed by atoms with Gasteiger partial charge in [-0.05, 0) is 58.4 Å². The van der Waals surface area contributed by atoms with Gasteiger partial charge in [0.2, 0.25) is 0 Å². The molecule has 0 saturated heterocycles. The van der Waals surface area contributed by atoms with Gasteiger partial charge in [-0.3, -0.25) is 4.79 Å². The summed E-state index contributed by atoms with van der Waals surface area (Å²) in [6.07, 6.45) is 1.61. The summed E-state index contributed by atoms with van der Waals surface area (Å²) in [5, 5.41) is 2.98. The van der Waals surface area contributed by atoms with E-state index in [1.165, 1.54) is 5.69 Å². The van der Waals surface area contributed by atoms with Crippen LogP contribution in [0.2, 0.25) is 0 Å². The van der Waals surface area contributed by atoms with Crippen LogP contribution in [0.3, 0.4) is 0 Å². The van der Waals surface area contributed by atoms with E-state index in [2.05, 4.69) is 30.1 Å². The normalized spacial score (nSPS) is 10.6. The fraction of sp³-hybridized carbons (Fsp3) is 0.389. The van der Waals surface area contributed by atoms with Crippen molar-refractivity contribution in [2.75, 3.05) is 23.3 Å². The molecule has 2 aromatic rings. The van der Waals surface area contributed by atoms with Crippen molar-refractivity contribution in [3.8, 4) is 0 Å². The smallest absolute Gasteiger partial charge is 0.259 e. The Morgan fingerprint density at radius 2 is 1.82 bits per heavy atom. The molecular weight excluding hydrogens is 276 g/mol. The number of aryl methyl sites for hydroxylation is 3. The average molecular weight is 300 g/mol. The zero-order valence-electron chi connectivity index (χ0n) is 14.0. The second-order valence-electron chi connectivity index (χ2n) is 5.48. The van der Waals surface area contributed by atoms with Crippen LogP contribution in [0.15, 0.2) is 28.9 Å². The van der Waals surface area contributed by atoms with E-state index in [4.69, 9.17) is 4.42 Å². The van der Waals surface area contributed by atoms with E-state index in [0.29, 0.717) is 11.3 Å². The molecule has 0 fully saturated rings. The Kier molecular flexibility index (Phi) is 4.91. The van der Waals surface area contributed by atoms with Crippen molar-refractivity contribution in [2.24, 2.45) is 0 Å². The molecule has 0 aliphatic rings. The lowest BCUT2D eigenvalue weighted by Gasteiger charge is -2.22. The SMILES string of the molecule is CCN(CC)c1ccc(NC(=O)c2c(C)coc2C)c(C)c1. The van der Waals surface area contributed by atoms with Crippen LogP contribution in [0.5, 0.6) is 0 Å². The Morgan fingerprint density at radius 1 is 1.14 bits per heavy atom. The van der Waals surface area contributed by atoms with E-state index < -0.39 is 0 Å². The zero-order valence-corrected chi connectivity index (χ0v) is 14.0. The van der Waals surface area contributed by atoms with E-state index >= 15 is 0 Å². The van der Waals surface area contributed by atoms with Crippen LogP contribution in [0.1, 0.15) is 41.1 Å². The first-order chi connectivity index (χ1) is 10.5. The molecule has 0 spiro atoms. The molecule has 0 atom stereocenters. The first-order valence-corrected chi connectivity index (χ1v) is 7.69. The average Bonchev–Trinajstić information content (AvgIpc) is 2.82. The van der Waals surface area contributed by atoms with Gasteiger partial charge in [-0.15, -0.1) is 0 Å². The molecule has 22 heavy (non-hydrogen) atoms. The van der Waals surface area contributed by atoms with Crippen molar-refractivity contribution < 1.29 is 9.21 Å². The van der Waals surface area contributed by atoms with Crippen molar-refractivity contribution in [1.29, 1.82) is 0 Å². The van der Waals surface area contributed by atoms with Gasteiger partial charge >= 0.3 is 0 Å². The van der Waals surface area contributed by atoms with Crippen molar-refractivity contribution in [3.63, 3.8) is 0 Å². The highest BCUT2D eigenvalue weighted by Crippen LogP contribution is 2.24. The highest BCUT2D eigenvalue weighted by Gasteiger charge is 2.16. The number of carbonyl (C=O) groups is 1. The fourth-order valence-corrected chi connectivity index (χ4v) is 2.67. The van der Waals surface area contributed by atoms with Crippen LogP contribution in [-0.4, -0.2) is 19.0 Å². The number of hydrogen-bond donors (Lipinski definition) is 1. The summed E-state index contributed by atoms with van der Waals surface area (Å²) in [6.45, 7) is 11.9. The number of rotatable bonds is 5. The molecule has 1 N–H and O–H groups in total. The highest BCUT2D eigenvalue weighted by molar-refractivity contribution is 6.06. The first kappa shape index (κ1) is 16.1. The number of nitrogens with zero attached hydrogens (tertiary/aromatic N) is 1. The quantitative estimate of drug-likeness (QED) is 0.895.